The molecule has 2 heterocycles. The summed E-state index contributed by atoms with van der Waals surface area (Å²) in [7, 11) is 0. The largest absolute Gasteiger partial charge is 0.340 e. The van der Waals surface area contributed by atoms with Gasteiger partial charge in [-0.2, -0.15) is 0 Å². The third kappa shape index (κ3) is 0.772. The first-order valence-corrected chi connectivity index (χ1v) is 3.30. The fourth-order valence-corrected chi connectivity index (χ4v) is 1.01. The molecule has 0 bridgehead atoms. The monoisotopic (exact) mass is 149 g/mol. The first kappa shape index (κ1) is 6.21. The van der Waals surface area contributed by atoms with E-state index in [1.807, 2.05) is 13.8 Å². The van der Waals surface area contributed by atoms with Crippen LogP contribution in [0.2, 0.25) is 0 Å². The van der Waals surface area contributed by atoms with Gasteiger partial charge >= 0.3 is 0 Å². The van der Waals surface area contributed by atoms with Crippen LogP contribution >= 0.6 is 0 Å². The van der Waals surface area contributed by atoms with E-state index in [1.54, 1.807) is 0 Å². The molecule has 0 atom stereocenters. The average molecular weight is 149 g/mol. The highest BCUT2D eigenvalue weighted by molar-refractivity contribution is 5.74. The van der Waals surface area contributed by atoms with Crippen molar-refractivity contribution in [2.75, 3.05) is 0 Å². The lowest BCUT2D eigenvalue weighted by Gasteiger charge is -1.84. The first-order valence-electron chi connectivity index (χ1n) is 3.30. The van der Waals surface area contributed by atoms with Crippen LogP contribution in [-0.4, -0.2) is 25.6 Å². The summed E-state index contributed by atoms with van der Waals surface area (Å²) in [6.07, 6.45) is 0. The van der Waals surface area contributed by atoms with E-state index in [9.17, 15) is 0 Å². The molecule has 2 aromatic heterocycles. The molecule has 1 N–H and O–H groups in total. The van der Waals surface area contributed by atoms with Gasteiger partial charge in [0.2, 0.25) is 0 Å². The second kappa shape index (κ2) is 1.98. The summed E-state index contributed by atoms with van der Waals surface area (Å²) in [5, 5.41) is 14.5. The molecule has 0 radical (unpaired) electrons. The minimum absolute atomic E-state index is 0.704. The molecule has 11 heavy (non-hydrogen) atoms. The number of fused-ring (bicyclic) bond motifs is 1. The van der Waals surface area contributed by atoms with Crippen molar-refractivity contribution in [3.63, 3.8) is 0 Å². The minimum atomic E-state index is 0.704. The Labute approximate surface area is 62.8 Å². The van der Waals surface area contributed by atoms with Gasteiger partial charge in [0.15, 0.2) is 5.65 Å². The molecular weight excluding hydrogens is 142 g/mol. The molecule has 2 aromatic rings. The smallest absolute Gasteiger partial charge is 0.182 e. The molecule has 56 valence electrons. The van der Waals surface area contributed by atoms with E-state index in [0.717, 1.165) is 16.8 Å². The Kier molecular flexibility index (Phi) is 1.12. The van der Waals surface area contributed by atoms with E-state index in [-0.39, 0.29) is 0 Å². The summed E-state index contributed by atoms with van der Waals surface area (Å²) in [4.78, 5) is 3.05. The number of aromatic nitrogens is 5. The van der Waals surface area contributed by atoms with E-state index in [4.69, 9.17) is 0 Å². The minimum Gasteiger partial charge on any atom is -0.340 e. The van der Waals surface area contributed by atoms with Gasteiger partial charge in [0, 0.05) is 5.69 Å². The maximum absolute atomic E-state index is 3.85. The van der Waals surface area contributed by atoms with Crippen LogP contribution in [0.15, 0.2) is 0 Å². The quantitative estimate of drug-likeness (QED) is 0.587. The third-order valence-corrected chi connectivity index (χ3v) is 1.78. The summed E-state index contributed by atoms with van der Waals surface area (Å²) < 4.78 is 0. The predicted octanol–water partition coefficient (Wildman–Crippen LogP) is 0.365. The number of rotatable bonds is 0. The van der Waals surface area contributed by atoms with Crippen molar-refractivity contribution >= 4 is 11.2 Å². The second-order valence-electron chi connectivity index (χ2n) is 2.45. The lowest BCUT2D eigenvalue weighted by atomic mass is 10.3. The van der Waals surface area contributed by atoms with Crippen molar-refractivity contribution in [3.8, 4) is 0 Å². The Morgan fingerprint density at radius 2 is 1.82 bits per heavy atom. The third-order valence-electron chi connectivity index (χ3n) is 1.78. The van der Waals surface area contributed by atoms with E-state index >= 15 is 0 Å². The molecule has 0 saturated heterocycles. The van der Waals surface area contributed by atoms with Gasteiger partial charge in [-0.1, -0.05) is 0 Å². The zero-order chi connectivity index (χ0) is 7.84. The van der Waals surface area contributed by atoms with Crippen molar-refractivity contribution in [1.29, 1.82) is 0 Å². The molecule has 0 spiro atoms. The van der Waals surface area contributed by atoms with Gasteiger partial charge < -0.3 is 4.98 Å². The molecule has 0 unspecified atom stereocenters. The topological polar surface area (TPSA) is 67.3 Å². The number of nitrogens with one attached hydrogen (secondary N) is 1. The number of aryl methyl sites for hydroxylation is 2. The highest BCUT2D eigenvalue weighted by Crippen LogP contribution is 2.14. The fourth-order valence-electron chi connectivity index (χ4n) is 1.01. The van der Waals surface area contributed by atoms with E-state index < -0.39 is 0 Å². The molecule has 0 amide bonds. The Bertz CT molecular complexity index is 391. The number of hydrogen-bond acceptors (Lipinski definition) is 4. The van der Waals surface area contributed by atoms with Gasteiger partial charge in [0.1, 0.15) is 5.52 Å². The molecule has 0 aliphatic heterocycles. The van der Waals surface area contributed by atoms with Crippen LogP contribution < -0.4 is 0 Å². The predicted molar refractivity (Wildman–Crippen MR) is 39.0 cm³/mol. The van der Waals surface area contributed by atoms with Crippen molar-refractivity contribution in [1.82, 2.24) is 25.6 Å². The number of hydrogen-bond donors (Lipinski definition) is 1. The van der Waals surface area contributed by atoms with Crippen molar-refractivity contribution < 1.29 is 0 Å². The lowest BCUT2D eigenvalue weighted by Crippen LogP contribution is -1.90. The Balaban J connectivity index is 2.92. The molecule has 0 aliphatic rings. The Morgan fingerprint density at radius 1 is 1.09 bits per heavy atom. The SMILES string of the molecule is Cc1[nH]c2nnnnc2c1C. The summed E-state index contributed by atoms with van der Waals surface area (Å²) in [5.74, 6) is 0. The number of aromatic amines is 1. The van der Waals surface area contributed by atoms with Crippen LogP contribution in [0.25, 0.3) is 11.2 Å². The van der Waals surface area contributed by atoms with Crippen LogP contribution in [-0.2, 0) is 0 Å². The first-order chi connectivity index (χ1) is 5.29. The Morgan fingerprint density at radius 3 is 2.55 bits per heavy atom. The van der Waals surface area contributed by atoms with Gasteiger partial charge in [-0.15, -0.1) is 10.2 Å². The summed E-state index contributed by atoms with van der Waals surface area (Å²) in [5.41, 5.74) is 3.66. The van der Waals surface area contributed by atoms with Crippen LogP contribution in [0.4, 0.5) is 0 Å². The van der Waals surface area contributed by atoms with Crippen molar-refractivity contribution in [2.24, 2.45) is 0 Å². The second-order valence-corrected chi connectivity index (χ2v) is 2.45. The van der Waals surface area contributed by atoms with Gasteiger partial charge in [-0.3, -0.25) is 0 Å². The average Bonchev–Trinajstić information content (AvgIpc) is 2.30. The van der Waals surface area contributed by atoms with Gasteiger partial charge in [-0.25, -0.2) is 0 Å². The fraction of sp³-hybridized carbons (Fsp3) is 0.333. The standard InChI is InChI=1S/C6H7N5/c1-3-4(2)7-6-5(3)8-10-11-9-6/h1-2H3,(H,7,9,10). The van der Waals surface area contributed by atoms with Crippen molar-refractivity contribution in [2.45, 2.75) is 13.8 Å². The zero-order valence-corrected chi connectivity index (χ0v) is 6.29. The summed E-state index contributed by atoms with van der Waals surface area (Å²) >= 11 is 0. The molecule has 0 aliphatic carbocycles. The van der Waals surface area contributed by atoms with Gasteiger partial charge in [0.25, 0.3) is 0 Å². The highest BCUT2D eigenvalue weighted by atomic mass is 15.4. The maximum Gasteiger partial charge on any atom is 0.182 e. The van der Waals surface area contributed by atoms with Crippen LogP contribution in [0.3, 0.4) is 0 Å². The molecule has 2 rings (SSSR count). The maximum atomic E-state index is 3.85. The van der Waals surface area contributed by atoms with Crippen LogP contribution in [0.1, 0.15) is 11.3 Å². The number of nitrogens with zero attached hydrogens (tertiary/aromatic N) is 4. The summed E-state index contributed by atoms with van der Waals surface area (Å²) in [6, 6.07) is 0. The van der Waals surface area contributed by atoms with Gasteiger partial charge in [0.05, 0.1) is 0 Å². The molecule has 5 heteroatoms. The highest BCUT2D eigenvalue weighted by Gasteiger charge is 2.05. The molecule has 0 aromatic carbocycles. The normalized spacial score (nSPS) is 10.7. The van der Waals surface area contributed by atoms with Gasteiger partial charge in [-0.05, 0) is 29.8 Å². The molecular formula is C6H7N5. The number of H-pyrrole nitrogens is 1. The summed E-state index contributed by atoms with van der Waals surface area (Å²) in [6.45, 7) is 3.95. The van der Waals surface area contributed by atoms with Crippen LogP contribution in [0.5, 0.6) is 0 Å². The van der Waals surface area contributed by atoms with E-state index in [1.165, 1.54) is 0 Å². The van der Waals surface area contributed by atoms with Crippen molar-refractivity contribution in [3.05, 3.63) is 11.3 Å². The molecule has 0 saturated carbocycles. The van der Waals surface area contributed by atoms with E-state index in [0.29, 0.717) is 5.65 Å². The lowest BCUT2D eigenvalue weighted by molar-refractivity contribution is 0.793. The molecule has 5 nitrogen and oxygen atoms in total. The van der Waals surface area contributed by atoms with Crippen LogP contribution in [0, 0.1) is 13.8 Å². The van der Waals surface area contributed by atoms with E-state index in [2.05, 4.69) is 25.6 Å². The zero-order valence-electron chi connectivity index (χ0n) is 6.29. The molecule has 0 fully saturated rings. The Hall–Kier alpha value is -1.52.